The van der Waals surface area contributed by atoms with Gasteiger partial charge in [0, 0.05) is 18.6 Å². The van der Waals surface area contributed by atoms with E-state index in [1.54, 1.807) is 0 Å². The minimum Gasteiger partial charge on any atom is -0.490 e. The molecule has 0 amide bonds. The summed E-state index contributed by atoms with van der Waals surface area (Å²) in [4.78, 5) is 9.76. The average Bonchev–Trinajstić information content (AvgIpc) is 2.87. The van der Waals surface area contributed by atoms with E-state index < -0.39 is 16.4 Å². The van der Waals surface area contributed by atoms with Gasteiger partial charge >= 0.3 is 5.69 Å². The second-order valence-corrected chi connectivity index (χ2v) is 4.73. The van der Waals surface area contributed by atoms with Crippen LogP contribution in [0.25, 0.3) is 0 Å². The van der Waals surface area contributed by atoms with Gasteiger partial charge in [-0.1, -0.05) is 18.2 Å². The van der Waals surface area contributed by atoms with Crippen LogP contribution in [0.4, 0.5) is 10.1 Å². The van der Waals surface area contributed by atoms with Crippen LogP contribution in [-0.2, 0) is 6.42 Å². The summed E-state index contributed by atoms with van der Waals surface area (Å²) in [5.74, 6) is 0.173. The summed E-state index contributed by atoms with van der Waals surface area (Å²) in [5, 5.41) is 10.5. The predicted molar refractivity (Wildman–Crippen MR) is 73.1 cm³/mol. The first-order chi connectivity index (χ1) is 10.1. The third kappa shape index (κ3) is 2.79. The van der Waals surface area contributed by atoms with Crippen LogP contribution in [0.3, 0.4) is 0 Å². The van der Waals surface area contributed by atoms with Crippen LogP contribution in [0.5, 0.6) is 11.5 Å². The number of rotatable bonds is 4. The van der Waals surface area contributed by atoms with Gasteiger partial charge in [-0.15, -0.1) is 0 Å². The fourth-order valence-corrected chi connectivity index (χ4v) is 2.26. The first kappa shape index (κ1) is 13.4. The molecule has 6 heteroatoms. The molecule has 0 fully saturated rings. The van der Waals surface area contributed by atoms with Gasteiger partial charge in [0.2, 0.25) is 5.82 Å². The molecule has 5 nitrogen and oxygen atoms in total. The lowest BCUT2D eigenvalue weighted by atomic mass is 10.1. The molecule has 1 aliphatic heterocycles. The third-order valence-electron chi connectivity index (χ3n) is 3.27. The third-order valence-corrected chi connectivity index (χ3v) is 3.27. The molecule has 0 radical (unpaired) electrons. The number of fused-ring (bicyclic) bond motifs is 1. The second kappa shape index (κ2) is 5.40. The number of hydrogen-bond acceptors (Lipinski definition) is 4. The van der Waals surface area contributed by atoms with Gasteiger partial charge in [-0.3, -0.25) is 10.1 Å². The zero-order chi connectivity index (χ0) is 14.8. The maximum atomic E-state index is 13.5. The molecule has 0 aromatic heterocycles. The van der Waals surface area contributed by atoms with E-state index in [0.717, 1.165) is 29.9 Å². The molecular formula is C15H12FNO4. The van der Waals surface area contributed by atoms with Crippen molar-refractivity contribution in [3.8, 4) is 11.5 Å². The Morgan fingerprint density at radius 3 is 2.86 bits per heavy atom. The number of benzene rings is 2. The number of nitrogens with zero attached hydrogens (tertiary/aromatic N) is 1. The highest BCUT2D eigenvalue weighted by Gasteiger charge is 2.23. The van der Waals surface area contributed by atoms with E-state index in [4.69, 9.17) is 9.47 Å². The number of para-hydroxylation sites is 1. The zero-order valence-electron chi connectivity index (χ0n) is 11.0. The van der Waals surface area contributed by atoms with Gasteiger partial charge in [0.25, 0.3) is 0 Å². The van der Waals surface area contributed by atoms with Gasteiger partial charge in [-0.05, 0) is 17.7 Å². The molecule has 108 valence electrons. The van der Waals surface area contributed by atoms with Gasteiger partial charge in [0.15, 0.2) is 0 Å². The van der Waals surface area contributed by atoms with Crippen molar-refractivity contribution in [3.05, 3.63) is 64.0 Å². The highest BCUT2D eigenvalue weighted by molar-refractivity contribution is 5.39. The van der Waals surface area contributed by atoms with E-state index in [1.807, 2.05) is 24.3 Å². The lowest BCUT2D eigenvalue weighted by Crippen LogP contribution is -2.22. The number of nitro groups is 1. The largest absolute Gasteiger partial charge is 0.490 e. The first-order valence-electron chi connectivity index (χ1n) is 6.45. The van der Waals surface area contributed by atoms with Crippen molar-refractivity contribution in [2.45, 2.75) is 12.5 Å². The number of nitro benzene ring substituents is 1. The summed E-state index contributed by atoms with van der Waals surface area (Å²) in [7, 11) is 0. The molecule has 0 bridgehead atoms. The van der Waals surface area contributed by atoms with Crippen LogP contribution in [0.1, 0.15) is 5.56 Å². The monoisotopic (exact) mass is 289 g/mol. The van der Waals surface area contributed by atoms with E-state index >= 15 is 0 Å². The van der Waals surface area contributed by atoms with Crippen LogP contribution in [-0.4, -0.2) is 17.6 Å². The van der Waals surface area contributed by atoms with Gasteiger partial charge < -0.3 is 9.47 Å². The SMILES string of the molecule is O=[N+]([O-])c1ccc(OCC2Cc3ccccc3O2)cc1F. The number of ether oxygens (including phenoxy) is 2. The molecule has 21 heavy (non-hydrogen) atoms. The van der Waals surface area contributed by atoms with Crippen molar-refractivity contribution in [2.75, 3.05) is 6.61 Å². The van der Waals surface area contributed by atoms with Crippen LogP contribution in [0.2, 0.25) is 0 Å². The molecule has 0 spiro atoms. The van der Waals surface area contributed by atoms with Gasteiger partial charge in [0.05, 0.1) is 4.92 Å². The summed E-state index contributed by atoms with van der Waals surface area (Å²) in [5.41, 5.74) is 0.549. The lowest BCUT2D eigenvalue weighted by Gasteiger charge is -2.12. The van der Waals surface area contributed by atoms with E-state index in [9.17, 15) is 14.5 Å². The zero-order valence-corrected chi connectivity index (χ0v) is 11.0. The van der Waals surface area contributed by atoms with Gasteiger partial charge in [-0.2, -0.15) is 4.39 Å². The predicted octanol–water partition coefficient (Wildman–Crippen LogP) is 3.12. The lowest BCUT2D eigenvalue weighted by molar-refractivity contribution is -0.387. The minimum absolute atomic E-state index is 0.138. The Kier molecular flexibility index (Phi) is 3.43. The maximum Gasteiger partial charge on any atom is 0.305 e. The Morgan fingerprint density at radius 1 is 1.33 bits per heavy atom. The number of halogens is 1. The van der Waals surface area contributed by atoms with Gasteiger partial charge in [-0.25, -0.2) is 0 Å². The average molecular weight is 289 g/mol. The van der Waals surface area contributed by atoms with E-state index in [1.165, 1.54) is 6.07 Å². The Morgan fingerprint density at radius 2 is 2.14 bits per heavy atom. The fourth-order valence-electron chi connectivity index (χ4n) is 2.26. The first-order valence-corrected chi connectivity index (χ1v) is 6.45. The molecular weight excluding hydrogens is 277 g/mol. The Balaban J connectivity index is 1.62. The molecule has 2 aromatic carbocycles. The topological polar surface area (TPSA) is 61.6 Å². The van der Waals surface area contributed by atoms with Crippen LogP contribution >= 0.6 is 0 Å². The summed E-state index contributed by atoms with van der Waals surface area (Å²) >= 11 is 0. The molecule has 0 saturated heterocycles. The molecule has 0 saturated carbocycles. The summed E-state index contributed by atoms with van der Waals surface area (Å²) in [6.07, 6.45) is 0.590. The van der Waals surface area contributed by atoms with Crippen molar-refractivity contribution >= 4 is 5.69 Å². The smallest absolute Gasteiger partial charge is 0.305 e. The minimum atomic E-state index is -0.909. The highest BCUT2D eigenvalue weighted by atomic mass is 19.1. The van der Waals surface area contributed by atoms with Crippen LogP contribution in [0.15, 0.2) is 42.5 Å². The standard InChI is InChI=1S/C15H12FNO4/c16-13-8-11(5-6-14(13)17(18)19)20-9-12-7-10-3-1-2-4-15(10)21-12/h1-6,8,12H,7,9H2. The highest BCUT2D eigenvalue weighted by Crippen LogP contribution is 2.29. The summed E-state index contributed by atoms with van der Waals surface area (Å²) in [6.45, 7) is 0.256. The van der Waals surface area contributed by atoms with E-state index in [-0.39, 0.29) is 18.5 Å². The van der Waals surface area contributed by atoms with Crippen molar-refractivity contribution in [1.29, 1.82) is 0 Å². The van der Waals surface area contributed by atoms with Crippen LogP contribution in [0, 0.1) is 15.9 Å². The molecule has 1 aliphatic rings. The normalized spacial score (nSPS) is 16.1. The Hall–Kier alpha value is -2.63. The van der Waals surface area contributed by atoms with Crippen molar-refractivity contribution in [1.82, 2.24) is 0 Å². The van der Waals surface area contributed by atoms with Crippen LogP contribution < -0.4 is 9.47 Å². The molecule has 0 N–H and O–H groups in total. The quantitative estimate of drug-likeness (QED) is 0.641. The van der Waals surface area contributed by atoms with Crippen molar-refractivity contribution < 1.29 is 18.8 Å². The Labute approximate surface area is 120 Å². The summed E-state index contributed by atoms with van der Waals surface area (Å²) in [6, 6.07) is 11.2. The van der Waals surface area contributed by atoms with Gasteiger partial charge in [0.1, 0.15) is 24.2 Å². The summed E-state index contributed by atoms with van der Waals surface area (Å²) < 4.78 is 24.6. The molecule has 1 heterocycles. The van der Waals surface area contributed by atoms with E-state index in [2.05, 4.69) is 0 Å². The molecule has 1 atom stereocenters. The Bertz CT molecular complexity index is 664. The second-order valence-electron chi connectivity index (χ2n) is 4.73. The van der Waals surface area contributed by atoms with E-state index in [0.29, 0.717) is 0 Å². The molecule has 3 rings (SSSR count). The maximum absolute atomic E-state index is 13.5. The number of hydrogen-bond donors (Lipinski definition) is 0. The van der Waals surface area contributed by atoms with Crippen molar-refractivity contribution in [2.24, 2.45) is 0 Å². The molecule has 2 aromatic rings. The van der Waals surface area contributed by atoms with Crippen molar-refractivity contribution in [3.63, 3.8) is 0 Å². The fraction of sp³-hybridized carbons (Fsp3) is 0.200. The molecule has 0 aliphatic carbocycles. The molecule has 1 unspecified atom stereocenters.